The molecule has 0 atom stereocenters. The highest BCUT2D eigenvalue weighted by Gasteiger charge is 2.10. The summed E-state index contributed by atoms with van der Waals surface area (Å²) in [6, 6.07) is 0. The molecule has 60 valence electrons. The monoisotopic (exact) mass is 155 g/mol. The first-order valence-corrected chi connectivity index (χ1v) is 3.06. The van der Waals surface area contributed by atoms with Crippen molar-refractivity contribution in [2.75, 3.05) is 14.2 Å². The van der Waals surface area contributed by atoms with E-state index in [1.54, 1.807) is 0 Å². The van der Waals surface area contributed by atoms with Gasteiger partial charge in [0.25, 0.3) is 5.91 Å². The molecule has 0 aliphatic rings. The fourth-order valence-electron chi connectivity index (χ4n) is 0.633. The van der Waals surface area contributed by atoms with Gasteiger partial charge in [0.2, 0.25) is 0 Å². The van der Waals surface area contributed by atoms with Crippen LogP contribution in [0.25, 0.3) is 0 Å². The first kappa shape index (κ1) is 7.74. The second-order valence-electron chi connectivity index (χ2n) is 1.97. The van der Waals surface area contributed by atoms with Crippen LogP contribution in [0.1, 0.15) is 10.4 Å². The molecule has 0 bridgehead atoms. The Morgan fingerprint density at radius 3 is 3.00 bits per heavy atom. The summed E-state index contributed by atoms with van der Waals surface area (Å²) in [7, 11) is 2.97. The van der Waals surface area contributed by atoms with Crippen molar-refractivity contribution < 1.29 is 9.63 Å². The first-order valence-electron chi connectivity index (χ1n) is 3.06. The summed E-state index contributed by atoms with van der Waals surface area (Å²) in [5.41, 5.74) is 0.481. The smallest absolute Gasteiger partial charge is 0.280 e. The molecule has 0 spiro atoms. The predicted octanol–water partition coefficient (Wildman–Crippen LogP) is 0.0431. The number of carbonyl (C=O) groups is 1. The van der Waals surface area contributed by atoms with E-state index in [2.05, 4.69) is 15.0 Å². The lowest BCUT2D eigenvalue weighted by Gasteiger charge is -2.11. The topological polar surface area (TPSA) is 58.2 Å². The van der Waals surface area contributed by atoms with E-state index in [1.165, 1.54) is 26.6 Å². The highest BCUT2D eigenvalue weighted by molar-refractivity contribution is 5.92. The van der Waals surface area contributed by atoms with Gasteiger partial charge in [0, 0.05) is 13.2 Å². The Balaban J connectivity index is 2.70. The molecule has 0 saturated heterocycles. The van der Waals surface area contributed by atoms with Crippen LogP contribution in [0.5, 0.6) is 0 Å². The standard InChI is InChI=1S/C6H9N3O2/c1-9(11-2)6(10)5-3-7-8-4-5/h3-4H,1-2H3,(H,7,8). The van der Waals surface area contributed by atoms with Crippen LogP contribution in [0.3, 0.4) is 0 Å². The molecule has 0 fully saturated rings. The fourth-order valence-corrected chi connectivity index (χ4v) is 0.633. The van der Waals surface area contributed by atoms with Gasteiger partial charge < -0.3 is 0 Å². The van der Waals surface area contributed by atoms with Gasteiger partial charge in [0.05, 0.1) is 18.9 Å². The molecular weight excluding hydrogens is 146 g/mol. The van der Waals surface area contributed by atoms with E-state index in [0.29, 0.717) is 5.56 Å². The minimum absolute atomic E-state index is 0.221. The molecule has 0 aromatic carbocycles. The number of aromatic nitrogens is 2. The lowest BCUT2D eigenvalue weighted by molar-refractivity contribution is -0.0756. The molecule has 1 amide bonds. The number of amides is 1. The van der Waals surface area contributed by atoms with Crippen LogP contribution in [-0.2, 0) is 4.84 Å². The fraction of sp³-hybridized carbons (Fsp3) is 0.333. The zero-order valence-corrected chi connectivity index (χ0v) is 6.37. The van der Waals surface area contributed by atoms with Crippen LogP contribution in [0.2, 0.25) is 0 Å². The molecule has 0 aliphatic carbocycles. The van der Waals surface area contributed by atoms with E-state index < -0.39 is 0 Å². The van der Waals surface area contributed by atoms with Crippen molar-refractivity contribution in [2.24, 2.45) is 0 Å². The number of hydrogen-bond donors (Lipinski definition) is 1. The van der Waals surface area contributed by atoms with Gasteiger partial charge in [0.15, 0.2) is 0 Å². The number of H-pyrrole nitrogens is 1. The molecule has 1 N–H and O–H groups in total. The highest BCUT2D eigenvalue weighted by atomic mass is 16.7. The van der Waals surface area contributed by atoms with Gasteiger partial charge in [-0.1, -0.05) is 0 Å². The molecule has 1 aromatic heterocycles. The summed E-state index contributed by atoms with van der Waals surface area (Å²) < 4.78 is 0. The number of aromatic amines is 1. The number of nitrogens with zero attached hydrogens (tertiary/aromatic N) is 2. The van der Waals surface area contributed by atoms with Crippen LogP contribution in [0, 0.1) is 0 Å². The Hall–Kier alpha value is -1.36. The first-order chi connectivity index (χ1) is 5.25. The van der Waals surface area contributed by atoms with Crippen LogP contribution >= 0.6 is 0 Å². The predicted molar refractivity (Wildman–Crippen MR) is 37.7 cm³/mol. The van der Waals surface area contributed by atoms with Crippen LogP contribution in [-0.4, -0.2) is 35.3 Å². The van der Waals surface area contributed by atoms with Gasteiger partial charge >= 0.3 is 0 Å². The Morgan fingerprint density at radius 2 is 2.55 bits per heavy atom. The lowest BCUT2D eigenvalue weighted by atomic mass is 10.3. The average Bonchev–Trinajstić information content (AvgIpc) is 2.53. The van der Waals surface area contributed by atoms with Gasteiger partial charge in [-0.15, -0.1) is 0 Å². The van der Waals surface area contributed by atoms with E-state index in [1.807, 2.05) is 0 Å². The molecule has 1 rings (SSSR count). The molecule has 5 heteroatoms. The van der Waals surface area contributed by atoms with Crippen molar-refractivity contribution in [2.45, 2.75) is 0 Å². The number of hydroxylamine groups is 2. The van der Waals surface area contributed by atoms with Gasteiger partial charge in [-0.25, -0.2) is 5.06 Å². The number of nitrogens with one attached hydrogen (secondary N) is 1. The van der Waals surface area contributed by atoms with Crippen molar-refractivity contribution in [3.8, 4) is 0 Å². The summed E-state index contributed by atoms with van der Waals surface area (Å²) in [5, 5.41) is 7.30. The minimum Gasteiger partial charge on any atom is -0.285 e. The van der Waals surface area contributed by atoms with Crippen LogP contribution < -0.4 is 0 Å². The third-order valence-corrected chi connectivity index (χ3v) is 1.31. The SMILES string of the molecule is CON(C)C(=O)c1cn[nH]c1. The molecule has 0 saturated carbocycles. The Bertz CT molecular complexity index is 232. The third-order valence-electron chi connectivity index (χ3n) is 1.31. The number of rotatable bonds is 2. The van der Waals surface area contributed by atoms with Crippen molar-refractivity contribution in [3.05, 3.63) is 18.0 Å². The van der Waals surface area contributed by atoms with Crippen molar-refractivity contribution in [1.82, 2.24) is 15.3 Å². The summed E-state index contributed by atoms with van der Waals surface area (Å²) in [5.74, 6) is -0.221. The van der Waals surface area contributed by atoms with Gasteiger partial charge in [-0.05, 0) is 0 Å². The van der Waals surface area contributed by atoms with E-state index in [0.717, 1.165) is 5.06 Å². The molecule has 0 aliphatic heterocycles. The lowest BCUT2D eigenvalue weighted by Crippen LogP contribution is -2.24. The largest absolute Gasteiger partial charge is 0.285 e. The number of carbonyl (C=O) groups excluding carboxylic acids is 1. The average molecular weight is 155 g/mol. The third kappa shape index (κ3) is 1.56. The Kier molecular flexibility index (Phi) is 2.22. The molecule has 1 heterocycles. The van der Waals surface area contributed by atoms with E-state index in [4.69, 9.17) is 0 Å². The Labute approximate surface area is 63.9 Å². The molecule has 0 unspecified atom stereocenters. The maximum absolute atomic E-state index is 11.2. The highest BCUT2D eigenvalue weighted by Crippen LogP contribution is 1.98. The minimum atomic E-state index is -0.221. The van der Waals surface area contributed by atoms with Crippen molar-refractivity contribution in [3.63, 3.8) is 0 Å². The summed E-state index contributed by atoms with van der Waals surface area (Å²) >= 11 is 0. The van der Waals surface area contributed by atoms with Crippen molar-refractivity contribution in [1.29, 1.82) is 0 Å². The van der Waals surface area contributed by atoms with Gasteiger partial charge in [-0.2, -0.15) is 5.10 Å². The van der Waals surface area contributed by atoms with Gasteiger partial charge in [0.1, 0.15) is 0 Å². The second-order valence-corrected chi connectivity index (χ2v) is 1.97. The van der Waals surface area contributed by atoms with Gasteiger partial charge in [-0.3, -0.25) is 14.7 Å². The van der Waals surface area contributed by atoms with Crippen LogP contribution in [0.4, 0.5) is 0 Å². The summed E-state index contributed by atoms with van der Waals surface area (Å²) in [6.45, 7) is 0. The van der Waals surface area contributed by atoms with Crippen molar-refractivity contribution >= 4 is 5.91 Å². The quantitative estimate of drug-likeness (QED) is 0.613. The number of hydrogen-bond acceptors (Lipinski definition) is 3. The zero-order valence-electron chi connectivity index (χ0n) is 6.37. The molecule has 11 heavy (non-hydrogen) atoms. The van der Waals surface area contributed by atoms with E-state index in [-0.39, 0.29) is 5.91 Å². The summed E-state index contributed by atoms with van der Waals surface area (Å²) in [6.07, 6.45) is 2.95. The van der Waals surface area contributed by atoms with E-state index in [9.17, 15) is 4.79 Å². The molecule has 5 nitrogen and oxygen atoms in total. The zero-order chi connectivity index (χ0) is 8.27. The van der Waals surface area contributed by atoms with Crippen LogP contribution in [0.15, 0.2) is 12.4 Å². The van der Waals surface area contributed by atoms with E-state index >= 15 is 0 Å². The second kappa shape index (κ2) is 3.16. The molecule has 1 aromatic rings. The summed E-state index contributed by atoms with van der Waals surface area (Å²) in [4.78, 5) is 15.9. The maximum atomic E-state index is 11.2. The molecular formula is C6H9N3O2. The Morgan fingerprint density at radius 1 is 1.82 bits per heavy atom. The molecule has 0 radical (unpaired) electrons. The normalized spacial score (nSPS) is 9.64. The maximum Gasteiger partial charge on any atom is 0.280 e.